The van der Waals surface area contributed by atoms with E-state index in [1.54, 1.807) is 6.92 Å². The van der Waals surface area contributed by atoms with Crippen molar-refractivity contribution in [3.05, 3.63) is 80.0 Å². The third-order valence-corrected chi connectivity index (χ3v) is 4.74. The number of anilines is 1. The summed E-state index contributed by atoms with van der Waals surface area (Å²) in [4.78, 5) is 23.2. The van der Waals surface area contributed by atoms with Gasteiger partial charge in [-0.05, 0) is 49.0 Å². The minimum atomic E-state index is -0.489. The zero-order valence-corrected chi connectivity index (χ0v) is 16.6. The number of nitrogens with zero attached hydrogens (tertiary/aromatic N) is 1. The van der Waals surface area contributed by atoms with Crippen LogP contribution >= 0.6 is 28.1 Å². The normalized spacial score (nSPS) is 16.4. The smallest absolute Gasteiger partial charge is 0.269 e. The van der Waals surface area contributed by atoms with Crippen LogP contribution in [0, 0.1) is 10.1 Å². The largest absolute Gasteiger partial charge is 0.351 e. The number of rotatable bonds is 4. The van der Waals surface area contributed by atoms with Crippen molar-refractivity contribution in [1.82, 2.24) is 10.6 Å². The number of nitro groups is 1. The second-order valence-corrected chi connectivity index (χ2v) is 7.21. The number of hydrogen-bond donors (Lipinski definition) is 3. The first kappa shape index (κ1) is 19.0. The highest BCUT2D eigenvalue weighted by molar-refractivity contribution is 9.10. The standard InChI is InChI=1S/C18H15BrN4O3S/c1-10-15(17(24)21-13-5-7-14(8-6-13)23(25)26)16(22-18(27)20-10)11-3-2-4-12(19)9-11/h2-9,16H,1H3,(H,21,24)(H2,20,22,27). The summed E-state index contributed by atoms with van der Waals surface area (Å²) in [6, 6.07) is 12.9. The van der Waals surface area contributed by atoms with Crippen LogP contribution in [-0.4, -0.2) is 15.9 Å². The lowest BCUT2D eigenvalue weighted by atomic mass is 9.95. The van der Waals surface area contributed by atoms with Gasteiger partial charge in [0.1, 0.15) is 0 Å². The van der Waals surface area contributed by atoms with E-state index in [1.165, 1.54) is 24.3 Å². The second kappa shape index (κ2) is 7.85. The molecular weight excluding hydrogens is 432 g/mol. The molecule has 3 N–H and O–H groups in total. The summed E-state index contributed by atoms with van der Waals surface area (Å²) in [5.74, 6) is -0.325. The molecule has 0 fully saturated rings. The fourth-order valence-electron chi connectivity index (χ4n) is 2.80. The van der Waals surface area contributed by atoms with Crippen molar-refractivity contribution in [2.24, 2.45) is 0 Å². The summed E-state index contributed by atoms with van der Waals surface area (Å²) in [5, 5.41) is 20.1. The molecule has 1 amide bonds. The highest BCUT2D eigenvalue weighted by Gasteiger charge is 2.30. The van der Waals surface area contributed by atoms with E-state index >= 15 is 0 Å². The Kier molecular flexibility index (Phi) is 5.52. The lowest BCUT2D eigenvalue weighted by Crippen LogP contribution is -2.45. The number of thiocarbonyl (C=S) groups is 1. The van der Waals surface area contributed by atoms with E-state index in [9.17, 15) is 14.9 Å². The number of benzene rings is 2. The van der Waals surface area contributed by atoms with Gasteiger partial charge in [0.15, 0.2) is 5.11 Å². The number of non-ortho nitro benzene ring substituents is 1. The summed E-state index contributed by atoms with van der Waals surface area (Å²) in [7, 11) is 0. The molecule has 7 nitrogen and oxygen atoms in total. The van der Waals surface area contributed by atoms with E-state index in [2.05, 4.69) is 31.9 Å². The highest BCUT2D eigenvalue weighted by atomic mass is 79.9. The Balaban J connectivity index is 1.90. The average molecular weight is 447 g/mol. The predicted molar refractivity (Wildman–Crippen MR) is 110 cm³/mol. The van der Waals surface area contributed by atoms with Gasteiger partial charge in [-0.25, -0.2) is 0 Å². The Labute approximate surface area is 169 Å². The number of nitrogens with one attached hydrogen (secondary N) is 3. The van der Waals surface area contributed by atoms with Crippen LogP contribution in [-0.2, 0) is 4.79 Å². The molecule has 0 saturated carbocycles. The summed E-state index contributed by atoms with van der Waals surface area (Å²) in [5.41, 5.74) is 2.43. The number of hydrogen-bond acceptors (Lipinski definition) is 4. The minimum Gasteiger partial charge on any atom is -0.351 e. The molecule has 0 bridgehead atoms. The fraction of sp³-hybridized carbons (Fsp3) is 0.111. The van der Waals surface area contributed by atoms with Crippen LogP contribution < -0.4 is 16.0 Å². The van der Waals surface area contributed by atoms with Crippen LogP contribution in [0.25, 0.3) is 0 Å². The SMILES string of the molecule is CC1=C(C(=O)Nc2ccc([N+](=O)[O-])cc2)C(c2cccc(Br)c2)NC(=S)N1. The molecule has 9 heteroatoms. The molecule has 1 unspecified atom stereocenters. The molecule has 27 heavy (non-hydrogen) atoms. The Morgan fingerprint density at radius 3 is 2.59 bits per heavy atom. The number of halogens is 1. The van der Waals surface area contributed by atoms with Crippen LogP contribution in [0.15, 0.2) is 64.3 Å². The van der Waals surface area contributed by atoms with Crippen molar-refractivity contribution in [2.75, 3.05) is 5.32 Å². The summed E-state index contributed by atoms with van der Waals surface area (Å²) in [6.07, 6.45) is 0. The maximum Gasteiger partial charge on any atom is 0.269 e. The molecule has 0 aromatic heterocycles. The Hall–Kier alpha value is -2.78. The molecule has 1 aliphatic rings. The molecule has 0 spiro atoms. The quantitative estimate of drug-likeness (QED) is 0.375. The summed E-state index contributed by atoms with van der Waals surface area (Å²) in [6.45, 7) is 1.78. The van der Waals surface area contributed by atoms with Crippen LogP contribution in [0.3, 0.4) is 0 Å². The van der Waals surface area contributed by atoms with Crippen LogP contribution in [0.4, 0.5) is 11.4 Å². The Morgan fingerprint density at radius 1 is 1.26 bits per heavy atom. The van der Waals surface area contributed by atoms with Crippen molar-refractivity contribution in [3.63, 3.8) is 0 Å². The van der Waals surface area contributed by atoms with Crippen LogP contribution in [0.1, 0.15) is 18.5 Å². The van der Waals surface area contributed by atoms with Gasteiger partial charge in [0.05, 0.1) is 16.5 Å². The number of nitro benzene ring substituents is 1. The first-order valence-corrected chi connectivity index (χ1v) is 9.15. The van der Waals surface area contributed by atoms with Gasteiger partial charge in [-0.3, -0.25) is 14.9 Å². The molecule has 2 aromatic carbocycles. The maximum absolute atomic E-state index is 12.9. The number of amides is 1. The maximum atomic E-state index is 12.9. The Morgan fingerprint density at radius 2 is 1.96 bits per heavy atom. The van der Waals surface area contributed by atoms with Crippen molar-refractivity contribution in [3.8, 4) is 0 Å². The molecule has 0 radical (unpaired) electrons. The first-order chi connectivity index (χ1) is 12.8. The van der Waals surface area contributed by atoms with Crippen molar-refractivity contribution < 1.29 is 9.72 Å². The molecule has 2 aromatic rings. The van der Waals surface area contributed by atoms with Gasteiger partial charge >= 0.3 is 0 Å². The molecule has 1 aliphatic heterocycles. The molecule has 1 heterocycles. The average Bonchev–Trinajstić information content (AvgIpc) is 2.61. The van der Waals surface area contributed by atoms with Gasteiger partial charge in [0.2, 0.25) is 0 Å². The van der Waals surface area contributed by atoms with Gasteiger partial charge in [-0.1, -0.05) is 28.1 Å². The number of allylic oxidation sites excluding steroid dienone is 1. The summed E-state index contributed by atoms with van der Waals surface area (Å²) < 4.78 is 0.888. The van der Waals surface area contributed by atoms with E-state index in [0.29, 0.717) is 22.1 Å². The van der Waals surface area contributed by atoms with Gasteiger partial charge in [0, 0.05) is 28.0 Å². The topological polar surface area (TPSA) is 96.3 Å². The lowest BCUT2D eigenvalue weighted by molar-refractivity contribution is -0.384. The van der Waals surface area contributed by atoms with E-state index in [4.69, 9.17) is 12.2 Å². The first-order valence-electron chi connectivity index (χ1n) is 7.94. The number of carbonyl (C=O) groups is 1. The monoisotopic (exact) mass is 446 g/mol. The van der Waals surface area contributed by atoms with Crippen LogP contribution in [0.2, 0.25) is 0 Å². The van der Waals surface area contributed by atoms with Crippen molar-refractivity contribution in [2.45, 2.75) is 13.0 Å². The molecule has 1 atom stereocenters. The molecular formula is C18H15BrN4O3S. The van der Waals surface area contributed by atoms with E-state index in [-0.39, 0.29) is 11.6 Å². The van der Waals surface area contributed by atoms with E-state index in [0.717, 1.165) is 10.0 Å². The lowest BCUT2D eigenvalue weighted by Gasteiger charge is -2.30. The van der Waals surface area contributed by atoms with E-state index in [1.807, 2.05) is 24.3 Å². The van der Waals surface area contributed by atoms with Crippen LogP contribution in [0.5, 0.6) is 0 Å². The third-order valence-electron chi connectivity index (χ3n) is 4.03. The van der Waals surface area contributed by atoms with Crippen molar-refractivity contribution >= 4 is 50.5 Å². The third kappa shape index (κ3) is 4.32. The van der Waals surface area contributed by atoms with E-state index < -0.39 is 11.0 Å². The van der Waals surface area contributed by atoms with Gasteiger partial charge in [0.25, 0.3) is 11.6 Å². The molecule has 138 valence electrons. The molecule has 0 aliphatic carbocycles. The number of carbonyl (C=O) groups excluding carboxylic acids is 1. The fourth-order valence-corrected chi connectivity index (χ4v) is 3.48. The van der Waals surface area contributed by atoms with Gasteiger partial charge < -0.3 is 16.0 Å². The zero-order chi connectivity index (χ0) is 19.6. The van der Waals surface area contributed by atoms with Gasteiger partial charge in [-0.2, -0.15) is 0 Å². The van der Waals surface area contributed by atoms with Crippen molar-refractivity contribution in [1.29, 1.82) is 0 Å². The zero-order valence-electron chi connectivity index (χ0n) is 14.2. The Bertz CT molecular complexity index is 959. The summed E-state index contributed by atoms with van der Waals surface area (Å²) >= 11 is 8.68. The minimum absolute atomic E-state index is 0.0400. The molecule has 3 rings (SSSR count). The van der Waals surface area contributed by atoms with Gasteiger partial charge in [-0.15, -0.1) is 0 Å². The second-order valence-electron chi connectivity index (χ2n) is 5.88. The molecule has 0 saturated heterocycles. The predicted octanol–water partition coefficient (Wildman–Crippen LogP) is 3.79. The highest BCUT2D eigenvalue weighted by Crippen LogP contribution is 2.29.